The van der Waals surface area contributed by atoms with Crippen molar-refractivity contribution in [2.45, 2.75) is 0 Å². The Labute approximate surface area is 69.0 Å². The molecule has 0 bridgehead atoms. The molecule has 0 aliphatic carbocycles. The van der Waals surface area contributed by atoms with Crippen molar-refractivity contribution in [3.8, 4) is 6.07 Å². The first-order valence-electron chi connectivity index (χ1n) is 3.56. The van der Waals surface area contributed by atoms with Crippen LogP contribution in [0.5, 0.6) is 0 Å². The lowest BCUT2D eigenvalue weighted by atomic mass is 10.2. The molecule has 0 saturated carbocycles. The number of para-hydroxylation sites is 1. The summed E-state index contributed by atoms with van der Waals surface area (Å²) in [6.07, 6.45) is 1.71. The zero-order valence-electron chi connectivity index (χ0n) is 6.24. The van der Waals surface area contributed by atoms with Crippen molar-refractivity contribution in [3.05, 3.63) is 46.2 Å². The molecule has 1 aromatic carbocycles. The number of aromatic amines is 1. The second-order valence-electron chi connectivity index (χ2n) is 2.45. The van der Waals surface area contributed by atoms with Crippen LogP contribution in [0.4, 0.5) is 0 Å². The lowest BCUT2D eigenvalue weighted by Gasteiger charge is -1.84. The number of nitrogens with zero attached hydrogens (tertiary/aromatic N) is 1. The largest absolute Gasteiger partial charge is 0.498 e. The molecule has 1 heterocycles. The van der Waals surface area contributed by atoms with Crippen molar-refractivity contribution >= 4 is 10.9 Å². The lowest BCUT2D eigenvalue weighted by molar-refractivity contribution is 1.47. The van der Waals surface area contributed by atoms with Crippen LogP contribution in [0.1, 0.15) is 5.56 Å². The monoisotopic (exact) mass is 158 g/mol. The van der Waals surface area contributed by atoms with E-state index in [9.17, 15) is 5.21 Å². The molecule has 0 atom stereocenters. The predicted octanol–water partition coefficient (Wildman–Crippen LogP) is 2.35. The molecule has 0 unspecified atom stereocenters. The van der Waals surface area contributed by atoms with Gasteiger partial charge in [0, 0.05) is 22.1 Å². The van der Waals surface area contributed by atoms with Crippen molar-refractivity contribution < 1.29 is 0 Å². The van der Waals surface area contributed by atoms with Crippen LogP contribution in [-0.2, 0) is 0 Å². The number of hydrogen-bond donors (Lipinski definition) is 1. The lowest BCUT2D eigenvalue weighted by Crippen LogP contribution is -1.67. The summed E-state index contributed by atoms with van der Waals surface area (Å²) < 4.78 is 0. The van der Waals surface area contributed by atoms with Gasteiger partial charge in [0.1, 0.15) is 5.56 Å². The molecule has 2 aromatic rings. The van der Waals surface area contributed by atoms with Crippen LogP contribution < -0.4 is 0 Å². The molecule has 0 amide bonds. The highest BCUT2D eigenvalue weighted by molar-refractivity contribution is 5.85. The average Bonchev–Trinajstić information content (AvgIpc) is 2.50. The van der Waals surface area contributed by atoms with Gasteiger partial charge in [-0.1, -0.05) is 18.2 Å². The van der Waals surface area contributed by atoms with E-state index >= 15 is 0 Å². The van der Waals surface area contributed by atoms with Crippen LogP contribution in [0.15, 0.2) is 30.5 Å². The Morgan fingerprint density at radius 2 is 2.17 bits per heavy atom. The third-order valence-corrected chi connectivity index (χ3v) is 1.76. The molecule has 12 heavy (non-hydrogen) atoms. The highest BCUT2D eigenvalue weighted by atomic mass is 16.4. The molecular formula is C9H6N2O. The maximum Gasteiger partial charge on any atom is 0.338 e. The van der Waals surface area contributed by atoms with Gasteiger partial charge < -0.3 is 10.2 Å². The third kappa shape index (κ3) is 0.903. The Balaban J connectivity index is 2.76. The van der Waals surface area contributed by atoms with E-state index in [-0.39, 0.29) is 0 Å². The molecule has 0 saturated heterocycles. The topological polar surface area (TPSA) is 43.2 Å². The molecule has 0 aliphatic rings. The molecule has 2 rings (SSSR count). The minimum Gasteiger partial charge on any atom is -0.498 e. The van der Waals surface area contributed by atoms with Crippen molar-refractivity contribution in [3.63, 3.8) is 0 Å². The average molecular weight is 158 g/mol. The van der Waals surface area contributed by atoms with Gasteiger partial charge in [0.15, 0.2) is 0 Å². The first kappa shape index (κ1) is 6.74. The number of H-pyrrole nitrogens is 1. The molecule has 0 radical (unpaired) electrons. The van der Waals surface area contributed by atoms with Crippen LogP contribution in [0.25, 0.3) is 15.9 Å². The van der Waals surface area contributed by atoms with Crippen molar-refractivity contribution in [2.24, 2.45) is 0 Å². The van der Waals surface area contributed by atoms with E-state index in [1.807, 2.05) is 24.3 Å². The Kier molecular flexibility index (Phi) is 1.45. The smallest absolute Gasteiger partial charge is 0.338 e. The van der Waals surface area contributed by atoms with E-state index in [2.05, 4.69) is 16.1 Å². The van der Waals surface area contributed by atoms with E-state index in [1.54, 1.807) is 6.20 Å². The first-order valence-corrected chi connectivity index (χ1v) is 3.56. The van der Waals surface area contributed by atoms with E-state index < -0.39 is 0 Å². The van der Waals surface area contributed by atoms with Gasteiger partial charge in [-0.2, -0.15) is 0 Å². The van der Waals surface area contributed by atoms with E-state index in [4.69, 9.17) is 0 Å². The molecule has 1 aromatic heterocycles. The Morgan fingerprint density at radius 1 is 1.33 bits per heavy atom. The number of nitrogens with one attached hydrogen (secondary N) is 1. The number of aromatic nitrogens is 1. The summed E-state index contributed by atoms with van der Waals surface area (Å²) in [6, 6.07) is 10.1. The summed E-state index contributed by atoms with van der Waals surface area (Å²) in [5.74, 6) is 0. The Hall–Kier alpha value is -1.95. The van der Waals surface area contributed by atoms with Crippen LogP contribution >= 0.6 is 0 Å². The summed E-state index contributed by atoms with van der Waals surface area (Å²) in [5, 5.41) is 13.5. The Bertz CT molecular complexity index is 462. The maximum atomic E-state index is 9.94. The molecule has 0 fully saturated rings. The maximum absolute atomic E-state index is 9.94. The minimum atomic E-state index is 0.709. The van der Waals surface area contributed by atoms with Crippen molar-refractivity contribution in [2.75, 3.05) is 0 Å². The van der Waals surface area contributed by atoms with Gasteiger partial charge in [-0.25, -0.2) is 0 Å². The van der Waals surface area contributed by atoms with Gasteiger partial charge in [-0.15, -0.1) is 0 Å². The predicted molar refractivity (Wildman–Crippen MR) is 48.0 cm³/mol. The van der Waals surface area contributed by atoms with E-state index in [0.29, 0.717) is 5.56 Å². The molecule has 1 N–H and O–H groups in total. The normalized spacial score (nSPS) is 9.33. The number of hydrogen-bond acceptors (Lipinski definition) is 1. The second-order valence-corrected chi connectivity index (χ2v) is 2.45. The fraction of sp³-hybridized carbons (Fsp3) is 0. The van der Waals surface area contributed by atoms with E-state index in [0.717, 1.165) is 10.9 Å². The van der Waals surface area contributed by atoms with Crippen LogP contribution in [0.3, 0.4) is 0 Å². The third-order valence-electron chi connectivity index (χ3n) is 1.76. The summed E-state index contributed by atoms with van der Waals surface area (Å²) >= 11 is 0. The van der Waals surface area contributed by atoms with Gasteiger partial charge in [-0.05, 0) is 6.07 Å². The van der Waals surface area contributed by atoms with Gasteiger partial charge >= 0.3 is 6.07 Å². The van der Waals surface area contributed by atoms with Gasteiger partial charge in [0.2, 0.25) is 0 Å². The van der Waals surface area contributed by atoms with E-state index in [1.165, 1.54) is 0 Å². The molecule has 58 valence electrons. The minimum absolute atomic E-state index is 0.709. The first-order chi connectivity index (χ1) is 5.92. The summed E-state index contributed by atoms with van der Waals surface area (Å²) in [4.78, 5) is 3.01. The second kappa shape index (κ2) is 2.59. The van der Waals surface area contributed by atoms with Crippen LogP contribution in [-0.4, -0.2) is 4.98 Å². The van der Waals surface area contributed by atoms with Crippen LogP contribution in [0, 0.1) is 11.3 Å². The number of benzene rings is 1. The highest BCUT2D eigenvalue weighted by Crippen LogP contribution is 2.16. The quantitative estimate of drug-likeness (QED) is 0.587. The van der Waals surface area contributed by atoms with Gasteiger partial charge in [-0.3, -0.25) is 0 Å². The van der Waals surface area contributed by atoms with Gasteiger partial charge in [0.05, 0.1) is 0 Å². The SMILES string of the molecule is [O-][N+]#Cc1c[nH]c2ccccc12. The van der Waals surface area contributed by atoms with Crippen molar-refractivity contribution in [1.29, 1.82) is 0 Å². The molecule has 3 nitrogen and oxygen atoms in total. The highest BCUT2D eigenvalue weighted by Gasteiger charge is 2.03. The summed E-state index contributed by atoms with van der Waals surface area (Å²) in [6.45, 7) is 0. The molecular weight excluding hydrogens is 152 g/mol. The molecule has 3 heteroatoms. The molecule has 0 spiro atoms. The van der Waals surface area contributed by atoms with Crippen LogP contribution in [0.2, 0.25) is 0 Å². The fourth-order valence-electron chi connectivity index (χ4n) is 1.21. The summed E-state index contributed by atoms with van der Waals surface area (Å²) in [5.41, 5.74) is 1.70. The Morgan fingerprint density at radius 3 is 3.00 bits per heavy atom. The number of rotatable bonds is 0. The summed E-state index contributed by atoms with van der Waals surface area (Å²) in [7, 11) is 0. The van der Waals surface area contributed by atoms with Gasteiger partial charge in [0.25, 0.3) is 0 Å². The number of fused-ring (bicyclic) bond motifs is 1. The standard InChI is InChI=1S/C9H6N2O/c12-11-6-7-5-10-9-4-2-1-3-8(7)9/h1-5,10H. The zero-order chi connectivity index (χ0) is 8.39. The van der Waals surface area contributed by atoms with Crippen molar-refractivity contribution in [1.82, 2.24) is 4.98 Å². The molecule has 0 aliphatic heterocycles. The zero-order valence-corrected chi connectivity index (χ0v) is 6.24. The fourth-order valence-corrected chi connectivity index (χ4v) is 1.21.